The highest BCUT2D eigenvalue weighted by molar-refractivity contribution is 5.76. The summed E-state index contributed by atoms with van der Waals surface area (Å²) in [6.45, 7) is 4.24. The van der Waals surface area contributed by atoms with Gasteiger partial charge in [-0.25, -0.2) is 0 Å². The molecule has 0 aromatic heterocycles. The minimum absolute atomic E-state index is 0.0310. The van der Waals surface area contributed by atoms with Gasteiger partial charge in [0.05, 0.1) is 0 Å². The Hall–Kier alpha value is -0.570. The number of hydrogen-bond donors (Lipinski definition) is 2. The molecule has 0 aromatic carbocycles. The molecule has 1 rings (SSSR count). The maximum absolute atomic E-state index is 11.7. The summed E-state index contributed by atoms with van der Waals surface area (Å²) in [4.78, 5) is 11.7. The molecule has 2 atom stereocenters. The van der Waals surface area contributed by atoms with E-state index in [4.69, 9.17) is 5.73 Å². The van der Waals surface area contributed by atoms with Gasteiger partial charge in [-0.2, -0.15) is 0 Å². The van der Waals surface area contributed by atoms with Crippen molar-refractivity contribution in [1.29, 1.82) is 0 Å². The van der Waals surface area contributed by atoms with Gasteiger partial charge in [-0.05, 0) is 25.2 Å². The van der Waals surface area contributed by atoms with E-state index in [1.54, 1.807) is 0 Å². The quantitative estimate of drug-likeness (QED) is 0.666. The molecule has 1 aliphatic carbocycles. The molecule has 0 bridgehead atoms. The van der Waals surface area contributed by atoms with Gasteiger partial charge in [0.25, 0.3) is 0 Å². The van der Waals surface area contributed by atoms with Gasteiger partial charge in [0.15, 0.2) is 0 Å². The summed E-state index contributed by atoms with van der Waals surface area (Å²) in [5.74, 6) is 1.00. The lowest BCUT2D eigenvalue weighted by molar-refractivity contribution is -0.122. The van der Waals surface area contributed by atoms with Crippen LogP contribution in [-0.2, 0) is 4.79 Å². The minimum Gasteiger partial charge on any atom is -0.353 e. The third kappa shape index (κ3) is 5.50. The van der Waals surface area contributed by atoms with Gasteiger partial charge in [-0.3, -0.25) is 4.79 Å². The van der Waals surface area contributed by atoms with Crippen LogP contribution in [0.1, 0.15) is 58.8 Å². The summed E-state index contributed by atoms with van der Waals surface area (Å²) < 4.78 is 0. The molecule has 1 amide bonds. The summed E-state index contributed by atoms with van der Waals surface area (Å²) in [6.07, 6.45) is 7.36. The fourth-order valence-electron chi connectivity index (χ4n) is 2.08. The van der Waals surface area contributed by atoms with Crippen LogP contribution in [0.15, 0.2) is 0 Å². The van der Waals surface area contributed by atoms with Crippen LogP contribution in [0.3, 0.4) is 0 Å². The predicted molar refractivity (Wildman–Crippen MR) is 67.1 cm³/mol. The summed E-state index contributed by atoms with van der Waals surface area (Å²) in [5, 5.41) is 3.11. The number of nitrogens with one attached hydrogen (secondary N) is 1. The third-order valence-corrected chi connectivity index (χ3v) is 3.28. The van der Waals surface area contributed by atoms with Gasteiger partial charge >= 0.3 is 0 Å². The Balaban J connectivity index is 2.19. The first-order valence-corrected chi connectivity index (χ1v) is 6.70. The maximum atomic E-state index is 11.7. The Morgan fingerprint density at radius 2 is 2.12 bits per heavy atom. The van der Waals surface area contributed by atoms with Crippen LogP contribution in [-0.4, -0.2) is 18.0 Å². The van der Waals surface area contributed by atoms with Gasteiger partial charge in [0, 0.05) is 18.5 Å². The van der Waals surface area contributed by atoms with Gasteiger partial charge < -0.3 is 11.1 Å². The molecule has 0 heterocycles. The Labute approximate surface area is 99.2 Å². The molecule has 3 nitrogen and oxygen atoms in total. The topological polar surface area (TPSA) is 55.1 Å². The zero-order chi connectivity index (χ0) is 12.0. The van der Waals surface area contributed by atoms with E-state index in [0.29, 0.717) is 12.5 Å². The Bertz CT molecular complexity index is 214. The van der Waals surface area contributed by atoms with Crippen LogP contribution in [0.2, 0.25) is 0 Å². The molecule has 1 saturated carbocycles. The molecule has 1 aliphatic rings. The Morgan fingerprint density at radius 1 is 1.44 bits per heavy atom. The highest BCUT2D eigenvalue weighted by atomic mass is 16.1. The van der Waals surface area contributed by atoms with Crippen molar-refractivity contribution in [3.05, 3.63) is 0 Å². The van der Waals surface area contributed by atoms with E-state index in [2.05, 4.69) is 19.2 Å². The van der Waals surface area contributed by atoms with Crippen LogP contribution in [0.5, 0.6) is 0 Å². The smallest absolute Gasteiger partial charge is 0.221 e. The average Bonchev–Trinajstić information content (AvgIpc) is 3.00. The van der Waals surface area contributed by atoms with Crippen molar-refractivity contribution in [2.24, 2.45) is 11.7 Å². The number of carbonyl (C=O) groups is 1. The fourth-order valence-corrected chi connectivity index (χ4v) is 2.08. The molecule has 0 saturated heterocycles. The van der Waals surface area contributed by atoms with Crippen molar-refractivity contribution in [2.75, 3.05) is 0 Å². The van der Waals surface area contributed by atoms with Gasteiger partial charge in [0.1, 0.15) is 0 Å². The highest BCUT2D eigenvalue weighted by Crippen LogP contribution is 2.34. The Morgan fingerprint density at radius 3 is 2.62 bits per heavy atom. The fraction of sp³-hybridized carbons (Fsp3) is 0.923. The van der Waals surface area contributed by atoms with Crippen molar-refractivity contribution < 1.29 is 4.79 Å². The van der Waals surface area contributed by atoms with Crippen molar-refractivity contribution >= 4 is 5.91 Å². The molecular formula is C13H26N2O. The number of nitrogens with two attached hydrogens (primary N) is 1. The van der Waals surface area contributed by atoms with E-state index in [1.165, 1.54) is 12.8 Å². The SMILES string of the molecule is CCCC(N)CC(=O)NC(CC)CC1CC1. The number of carbonyl (C=O) groups excluding carboxylic acids is 1. The number of hydrogen-bond acceptors (Lipinski definition) is 2. The lowest BCUT2D eigenvalue weighted by Gasteiger charge is -2.18. The second-order valence-corrected chi connectivity index (χ2v) is 5.10. The van der Waals surface area contributed by atoms with E-state index in [0.717, 1.165) is 31.6 Å². The van der Waals surface area contributed by atoms with E-state index >= 15 is 0 Å². The maximum Gasteiger partial charge on any atom is 0.221 e. The molecule has 1 fully saturated rings. The molecule has 16 heavy (non-hydrogen) atoms. The van der Waals surface area contributed by atoms with Crippen LogP contribution < -0.4 is 11.1 Å². The molecule has 94 valence electrons. The second kappa shape index (κ2) is 6.89. The first-order chi connectivity index (χ1) is 7.65. The van der Waals surface area contributed by atoms with Gasteiger partial charge in [-0.15, -0.1) is 0 Å². The summed E-state index contributed by atoms with van der Waals surface area (Å²) in [6, 6.07) is 0.400. The lowest BCUT2D eigenvalue weighted by atomic mass is 10.1. The largest absolute Gasteiger partial charge is 0.353 e. The third-order valence-electron chi connectivity index (χ3n) is 3.28. The van der Waals surface area contributed by atoms with E-state index in [1.807, 2.05) is 0 Å². The standard InChI is InChI=1S/C13H26N2O/c1-3-5-11(14)9-13(16)15-12(4-2)8-10-6-7-10/h10-12H,3-9,14H2,1-2H3,(H,15,16). The molecule has 0 aromatic rings. The number of amides is 1. The molecular weight excluding hydrogens is 200 g/mol. The van der Waals surface area contributed by atoms with Crippen molar-refractivity contribution in [3.63, 3.8) is 0 Å². The highest BCUT2D eigenvalue weighted by Gasteiger charge is 2.25. The zero-order valence-electron chi connectivity index (χ0n) is 10.7. The molecule has 3 N–H and O–H groups in total. The molecule has 2 unspecified atom stereocenters. The van der Waals surface area contributed by atoms with Gasteiger partial charge in [-0.1, -0.05) is 33.1 Å². The summed E-state index contributed by atoms with van der Waals surface area (Å²) in [5.41, 5.74) is 5.86. The van der Waals surface area contributed by atoms with Gasteiger partial charge in [0.2, 0.25) is 5.91 Å². The van der Waals surface area contributed by atoms with Crippen molar-refractivity contribution in [3.8, 4) is 0 Å². The summed E-state index contributed by atoms with van der Waals surface area (Å²) >= 11 is 0. The molecule has 3 heteroatoms. The van der Waals surface area contributed by atoms with Crippen LogP contribution in [0, 0.1) is 5.92 Å². The van der Waals surface area contributed by atoms with E-state index in [-0.39, 0.29) is 11.9 Å². The molecule has 0 spiro atoms. The lowest BCUT2D eigenvalue weighted by Crippen LogP contribution is -2.38. The first kappa shape index (κ1) is 13.5. The van der Waals surface area contributed by atoms with E-state index in [9.17, 15) is 4.79 Å². The normalized spacial score (nSPS) is 19.2. The zero-order valence-corrected chi connectivity index (χ0v) is 10.7. The molecule has 0 aliphatic heterocycles. The van der Waals surface area contributed by atoms with Crippen molar-refractivity contribution in [2.45, 2.75) is 70.9 Å². The Kier molecular flexibility index (Phi) is 5.81. The van der Waals surface area contributed by atoms with Crippen LogP contribution in [0.4, 0.5) is 0 Å². The minimum atomic E-state index is 0.0310. The summed E-state index contributed by atoms with van der Waals surface area (Å²) in [7, 11) is 0. The monoisotopic (exact) mass is 226 g/mol. The first-order valence-electron chi connectivity index (χ1n) is 6.70. The molecule has 0 radical (unpaired) electrons. The second-order valence-electron chi connectivity index (χ2n) is 5.10. The van der Waals surface area contributed by atoms with Crippen molar-refractivity contribution in [1.82, 2.24) is 5.32 Å². The van der Waals surface area contributed by atoms with Crippen LogP contribution in [0.25, 0.3) is 0 Å². The predicted octanol–water partition coefficient (Wildman–Crippen LogP) is 2.20. The van der Waals surface area contributed by atoms with E-state index < -0.39 is 0 Å². The van der Waals surface area contributed by atoms with Crippen LogP contribution >= 0.6 is 0 Å². The number of rotatable bonds is 8. The average molecular weight is 226 g/mol.